The van der Waals surface area contributed by atoms with Crippen molar-refractivity contribution in [3.05, 3.63) is 0 Å². The zero-order valence-electron chi connectivity index (χ0n) is 44.8. The molecule has 1 amide bonds. The minimum atomic E-state index is -0.722. The van der Waals surface area contributed by atoms with Crippen molar-refractivity contribution in [2.45, 2.75) is 264 Å². The molecule has 0 aromatic heterocycles. The fraction of sp³-hybridized carbons (Fsp3) is 0.929. The third-order valence-corrected chi connectivity index (χ3v) is 13.6. The molecule has 1 saturated heterocycles. The van der Waals surface area contributed by atoms with Gasteiger partial charge in [0.05, 0.1) is 38.4 Å². The highest BCUT2D eigenvalue weighted by Crippen LogP contribution is 2.35. The summed E-state index contributed by atoms with van der Waals surface area (Å²) in [4.78, 5) is 55.5. The number of carbonyl (C=O) groups excluding carboxylic acids is 4. The van der Waals surface area contributed by atoms with Crippen LogP contribution in [-0.4, -0.2) is 106 Å². The average Bonchev–Trinajstić information content (AvgIpc) is 3.71. The molecule has 0 spiro atoms. The minimum Gasteiger partial charge on any atom is -0.466 e. The zero-order chi connectivity index (χ0) is 49.2. The SMILES string of the molecule is CCCCCCCCC(CCCCCC)C(=O)OCCCCCC1(CCCCCOC(=O)CN(C)C(=O)C(CCCCCC)CCCCCCCC)OCC(CCOC(=O)CCCN(C)C)O1. The van der Waals surface area contributed by atoms with Crippen LogP contribution < -0.4 is 0 Å². The summed E-state index contributed by atoms with van der Waals surface area (Å²) in [6.07, 6.45) is 35.5. The average molecular weight is 951 g/mol. The van der Waals surface area contributed by atoms with E-state index in [1.54, 1.807) is 11.9 Å². The molecule has 0 aromatic rings. The van der Waals surface area contributed by atoms with E-state index in [4.69, 9.17) is 23.7 Å². The number of likely N-dealkylation sites (N-methyl/N-ethyl adjacent to an activating group) is 1. The Kier molecular flexibility index (Phi) is 39.9. The van der Waals surface area contributed by atoms with Crippen molar-refractivity contribution < 1.29 is 42.9 Å². The highest BCUT2D eigenvalue weighted by atomic mass is 16.7. The van der Waals surface area contributed by atoms with Crippen LogP contribution in [0.5, 0.6) is 0 Å². The van der Waals surface area contributed by atoms with Crippen LogP contribution in [0.25, 0.3) is 0 Å². The third kappa shape index (κ3) is 33.9. The first kappa shape index (κ1) is 62.8. The number of nitrogens with zero attached hydrogens (tertiary/aromatic N) is 2. The van der Waals surface area contributed by atoms with Crippen molar-refractivity contribution in [1.29, 1.82) is 0 Å². The first-order valence-corrected chi connectivity index (χ1v) is 28.2. The van der Waals surface area contributed by atoms with Gasteiger partial charge in [0, 0.05) is 38.6 Å². The van der Waals surface area contributed by atoms with E-state index in [9.17, 15) is 19.2 Å². The summed E-state index contributed by atoms with van der Waals surface area (Å²) in [5, 5.41) is 0. The predicted octanol–water partition coefficient (Wildman–Crippen LogP) is 13.7. The zero-order valence-corrected chi connectivity index (χ0v) is 44.8. The van der Waals surface area contributed by atoms with E-state index in [0.29, 0.717) is 52.1 Å². The van der Waals surface area contributed by atoms with E-state index >= 15 is 0 Å². The monoisotopic (exact) mass is 951 g/mol. The number of unbranched alkanes of at least 4 members (excludes halogenated alkanes) is 20. The summed E-state index contributed by atoms with van der Waals surface area (Å²) in [6.45, 7) is 11.2. The largest absolute Gasteiger partial charge is 0.466 e. The maximum Gasteiger partial charge on any atom is 0.325 e. The summed E-state index contributed by atoms with van der Waals surface area (Å²) in [5.74, 6) is -1.22. The number of hydrogen-bond acceptors (Lipinski definition) is 10. The van der Waals surface area contributed by atoms with E-state index < -0.39 is 5.79 Å². The number of amides is 1. The lowest BCUT2D eigenvalue weighted by molar-refractivity contribution is -0.181. The fourth-order valence-corrected chi connectivity index (χ4v) is 9.26. The van der Waals surface area contributed by atoms with Crippen LogP contribution in [0, 0.1) is 11.8 Å². The van der Waals surface area contributed by atoms with Gasteiger partial charge in [0.25, 0.3) is 0 Å². The van der Waals surface area contributed by atoms with Crippen LogP contribution in [0.1, 0.15) is 252 Å². The number of esters is 3. The molecule has 11 heteroatoms. The van der Waals surface area contributed by atoms with Crippen LogP contribution in [0.2, 0.25) is 0 Å². The Morgan fingerprint density at radius 1 is 0.522 bits per heavy atom. The lowest BCUT2D eigenvalue weighted by atomic mass is 9.93. The van der Waals surface area contributed by atoms with Crippen molar-refractivity contribution in [3.8, 4) is 0 Å². The smallest absolute Gasteiger partial charge is 0.325 e. The molecule has 0 radical (unpaired) electrons. The van der Waals surface area contributed by atoms with Crippen LogP contribution in [0.15, 0.2) is 0 Å². The van der Waals surface area contributed by atoms with E-state index in [1.165, 1.54) is 89.9 Å². The summed E-state index contributed by atoms with van der Waals surface area (Å²) in [5.41, 5.74) is 0. The second-order valence-corrected chi connectivity index (χ2v) is 20.3. The molecule has 0 N–H and O–H groups in total. The van der Waals surface area contributed by atoms with Gasteiger partial charge < -0.3 is 33.5 Å². The van der Waals surface area contributed by atoms with Crippen LogP contribution in [0.4, 0.5) is 0 Å². The van der Waals surface area contributed by atoms with Crippen molar-refractivity contribution in [1.82, 2.24) is 9.80 Å². The molecule has 1 aliphatic rings. The van der Waals surface area contributed by atoms with Gasteiger partial charge in [-0.1, -0.05) is 156 Å². The van der Waals surface area contributed by atoms with Crippen LogP contribution in [-0.2, 0) is 42.9 Å². The van der Waals surface area contributed by atoms with Gasteiger partial charge in [-0.15, -0.1) is 0 Å². The predicted molar refractivity (Wildman–Crippen MR) is 274 cm³/mol. The van der Waals surface area contributed by atoms with Crippen molar-refractivity contribution >= 4 is 23.8 Å². The Hall–Kier alpha value is -2.24. The number of rotatable bonds is 47. The first-order valence-electron chi connectivity index (χ1n) is 28.2. The van der Waals surface area contributed by atoms with Gasteiger partial charge in [-0.25, -0.2) is 0 Å². The molecule has 1 aliphatic heterocycles. The molecule has 1 heterocycles. The standard InChI is InChI=1S/C56H106N2O9/c1-8-12-16-20-22-28-36-49(35-26-18-14-10-3)54(61)58(7)47-53(60)63-44-32-24-30-41-56(66-48-51(67-56)40-46-64-52(59)39-34-43-57(5)6)42-31-25-33-45-65-55(62)50(37-27-19-15-11-4)38-29-23-21-17-13-9-2/h49-51H,8-48H2,1-7H3. The Bertz CT molecular complexity index is 1220. The molecule has 11 nitrogen and oxygen atoms in total. The first-order chi connectivity index (χ1) is 32.5. The highest BCUT2D eigenvalue weighted by Gasteiger charge is 2.40. The lowest BCUT2D eigenvalue weighted by Crippen LogP contribution is -2.37. The second kappa shape index (κ2) is 42.6. The van der Waals surface area contributed by atoms with Gasteiger partial charge >= 0.3 is 17.9 Å². The topological polar surface area (TPSA) is 121 Å². The van der Waals surface area contributed by atoms with Crippen molar-refractivity contribution in [2.24, 2.45) is 11.8 Å². The molecule has 67 heavy (non-hydrogen) atoms. The normalized spacial score (nSPS) is 16.9. The molecular weight excluding hydrogens is 845 g/mol. The molecule has 1 fully saturated rings. The van der Waals surface area contributed by atoms with Gasteiger partial charge in [0.2, 0.25) is 5.91 Å². The molecule has 4 unspecified atom stereocenters. The van der Waals surface area contributed by atoms with E-state index in [0.717, 1.165) is 116 Å². The van der Waals surface area contributed by atoms with E-state index in [1.807, 2.05) is 14.1 Å². The van der Waals surface area contributed by atoms with Gasteiger partial charge in [-0.2, -0.15) is 0 Å². The molecule has 0 bridgehead atoms. The van der Waals surface area contributed by atoms with Crippen molar-refractivity contribution in [3.63, 3.8) is 0 Å². The highest BCUT2D eigenvalue weighted by molar-refractivity contribution is 5.83. The summed E-state index contributed by atoms with van der Waals surface area (Å²) in [7, 11) is 5.73. The summed E-state index contributed by atoms with van der Waals surface area (Å²) < 4.78 is 30.1. The molecule has 0 saturated carbocycles. The Morgan fingerprint density at radius 3 is 1.49 bits per heavy atom. The van der Waals surface area contributed by atoms with Crippen molar-refractivity contribution in [2.75, 3.05) is 60.7 Å². The molecular formula is C56H106N2O9. The summed E-state index contributed by atoms with van der Waals surface area (Å²) >= 11 is 0. The number of ether oxygens (including phenoxy) is 5. The quantitative estimate of drug-likeness (QED) is 0.0331. The Labute approximate surface area is 412 Å². The van der Waals surface area contributed by atoms with Crippen LogP contribution in [0.3, 0.4) is 0 Å². The van der Waals surface area contributed by atoms with Gasteiger partial charge in [-0.05, 0) is 91.3 Å². The Balaban J connectivity index is 2.66. The van der Waals surface area contributed by atoms with E-state index in [-0.39, 0.29) is 48.3 Å². The molecule has 1 rings (SSSR count). The molecule has 4 atom stereocenters. The molecule has 394 valence electrons. The van der Waals surface area contributed by atoms with Gasteiger partial charge in [0.1, 0.15) is 6.54 Å². The number of carbonyl (C=O) groups is 4. The minimum absolute atomic E-state index is 0.0112. The van der Waals surface area contributed by atoms with E-state index in [2.05, 4.69) is 32.6 Å². The maximum absolute atomic E-state index is 13.5. The maximum atomic E-state index is 13.5. The lowest BCUT2D eigenvalue weighted by Gasteiger charge is -2.28. The van der Waals surface area contributed by atoms with Crippen LogP contribution >= 0.6 is 0 Å². The molecule has 0 aromatic carbocycles. The molecule has 0 aliphatic carbocycles. The third-order valence-electron chi connectivity index (χ3n) is 13.6. The Morgan fingerprint density at radius 2 is 0.970 bits per heavy atom. The number of hydrogen-bond donors (Lipinski definition) is 0. The van der Waals surface area contributed by atoms with Gasteiger partial charge in [0.15, 0.2) is 5.79 Å². The second-order valence-electron chi connectivity index (χ2n) is 20.3. The fourth-order valence-electron chi connectivity index (χ4n) is 9.26. The van der Waals surface area contributed by atoms with Gasteiger partial charge in [-0.3, -0.25) is 19.2 Å². The summed E-state index contributed by atoms with van der Waals surface area (Å²) in [6, 6.07) is 0.